The van der Waals surface area contributed by atoms with Gasteiger partial charge in [0.15, 0.2) is 0 Å². The predicted octanol–water partition coefficient (Wildman–Crippen LogP) is 4.14. The molecule has 0 unspecified atom stereocenters. The summed E-state index contributed by atoms with van der Waals surface area (Å²) in [7, 11) is -3.72. The van der Waals surface area contributed by atoms with E-state index in [0.29, 0.717) is 23.5 Å². The SMILES string of the molecule is CCOc1ccc(NC(=O)c2ccc(S(=O)(=O)Nc3ccccc3)cc2)cc1. The molecule has 2 N–H and O–H groups in total. The lowest BCUT2D eigenvalue weighted by Gasteiger charge is -2.09. The average molecular weight is 396 g/mol. The first-order valence-electron chi connectivity index (χ1n) is 8.70. The normalized spacial score (nSPS) is 10.9. The minimum absolute atomic E-state index is 0.0778. The van der Waals surface area contributed by atoms with Crippen LogP contribution in [0.25, 0.3) is 0 Å². The van der Waals surface area contributed by atoms with E-state index in [4.69, 9.17) is 4.74 Å². The monoisotopic (exact) mass is 396 g/mol. The van der Waals surface area contributed by atoms with E-state index < -0.39 is 10.0 Å². The predicted molar refractivity (Wildman–Crippen MR) is 109 cm³/mol. The van der Waals surface area contributed by atoms with E-state index >= 15 is 0 Å². The summed E-state index contributed by atoms with van der Waals surface area (Å²) in [5.41, 5.74) is 1.45. The van der Waals surface area contributed by atoms with Gasteiger partial charge in [-0.1, -0.05) is 18.2 Å². The molecule has 0 heterocycles. The summed E-state index contributed by atoms with van der Waals surface area (Å²) >= 11 is 0. The van der Waals surface area contributed by atoms with E-state index in [1.54, 1.807) is 54.6 Å². The maximum absolute atomic E-state index is 12.4. The number of ether oxygens (including phenoxy) is 1. The van der Waals surface area contributed by atoms with Crippen molar-refractivity contribution in [3.05, 3.63) is 84.4 Å². The number of sulfonamides is 1. The molecule has 0 spiro atoms. The fraction of sp³-hybridized carbons (Fsp3) is 0.0952. The molecular weight excluding hydrogens is 376 g/mol. The van der Waals surface area contributed by atoms with E-state index in [1.807, 2.05) is 6.92 Å². The van der Waals surface area contributed by atoms with Crippen LogP contribution in [0.4, 0.5) is 11.4 Å². The molecule has 0 aliphatic rings. The van der Waals surface area contributed by atoms with Gasteiger partial charge in [0.25, 0.3) is 15.9 Å². The Kier molecular flexibility index (Phi) is 5.96. The van der Waals surface area contributed by atoms with Gasteiger partial charge in [0.05, 0.1) is 11.5 Å². The first kappa shape index (κ1) is 19.4. The Balaban J connectivity index is 1.68. The number of rotatable bonds is 7. The van der Waals surface area contributed by atoms with Crippen LogP contribution >= 0.6 is 0 Å². The number of carbonyl (C=O) groups is 1. The second-order valence-electron chi connectivity index (χ2n) is 5.91. The number of carbonyl (C=O) groups excluding carboxylic acids is 1. The van der Waals surface area contributed by atoms with Crippen molar-refractivity contribution < 1.29 is 17.9 Å². The third-order valence-electron chi connectivity index (χ3n) is 3.88. The highest BCUT2D eigenvalue weighted by atomic mass is 32.2. The molecule has 6 nitrogen and oxygen atoms in total. The Morgan fingerprint density at radius 1 is 0.857 bits per heavy atom. The summed E-state index contributed by atoms with van der Waals surface area (Å²) in [4.78, 5) is 12.4. The Morgan fingerprint density at radius 2 is 1.50 bits per heavy atom. The van der Waals surface area contributed by atoms with E-state index in [-0.39, 0.29) is 10.8 Å². The molecule has 0 fully saturated rings. The first-order chi connectivity index (χ1) is 13.5. The van der Waals surface area contributed by atoms with Crippen LogP contribution in [-0.2, 0) is 10.0 Å². The van der Waals surface area contributed by atoms with Crippen LogP contribution in [0.15, 0.2) is 83.8 Å². The molecule has 3 aromatic carbocycles. The molecule has 7 heteroatoms. The lowest BCUT2D eigenvalue weighted by atomic mass is 10.2. The average Bonchev–Trinajstić information content (AvgIpc) is 2.70. The summed E-state index contributed by atoms with van der Waals surface area (Å²) in [5.74, 6) is 0.394. The molecule has 3 rings (SSSR count). The zero-order valence-electron chi connectivity index (χ0n) is 15.3. The van der Waals surface area contributed by atoms with Gasteiger partial charge in [0, 0.05) is 16.9 Å². The van der Waals surface area contributed by atoms with Gasteiger partial charge in [-0.25, -0.2) is 8.42 Å². The molecule has 0 saturated heterocycles. The van der Waals surface area contributed by atoms with Crippen molar-refractivity contribution >= 4 is 27.3 Å². The van der Waals surface area contributed by atoms with Crippen LogP contribution in [0.5, 0.6) is 5.75 Å². The molecule has 28 heavy (non-hydrogen) atoms. The molecule has 0 saturated carbocycles. The highest BCUT2D eigenvalue weighted by molar-refractivity contribution is 7.92. The summed E-state index contributed by atoms with van der Waals surface area (Å²) in [5, 5.41) is 2.77. The molecule has 0 atom stereocenters. The lowest BCUT2D eigenvalue weighted by Crippen LogP contribution is -2.14. The highest BCUT2D eigenvalue weighted by Crippen LogP contribution is 2.19. The summed E-state index contributed by atoms with van der Waals surface area (Å²) in [6, 6.07) is 21.4. The minimum atomic E-state index is -3.72. The number of hydrogen-bond donors (Lipinski definition) is 2. The maximum atomic E-state index is 12.4. The van der Waals surface area contributed by atoms with Gasteiger partial charge in [0.1, 0.15) is 5.75 Å². The van der Waals surface area contributed by atoms with Crippen molar-refractivity contribution in [1.82, 2.24) is 0 Å². The molecule has 0 aromatic heterocycles. The van der Waals surface area contributed by atoms with Gasteiger partial charge in [-0.2, -0.15) is 0 Å². The number of nitrogens with one attached hydrogen (secondary N) is 2. The van der Waals surface area contributed by atoms with Crippen LogP contribution in [0, 0.1) is 0 Å². The number of para-hydroxylation sites is 1. The second kappa shape index (κ2) is 8.58. The van der Waals surface area contributed by atoms with Gasteiger partial charge in [-0.3, -0.25) is 9.52 Å². The van der Waals surface area contributed by atoms with Gasteiger partial charge >= 0.3 is 0 Å². The maximum Gasteiger partial charge on any atom is 0.261 e. The van der Waals surface area contributed by atoms with E-state index in [1.165, 1.54) is 24.3 Å². The largest absolute Gasteiger partial charge is 0.494 e. The van der Waals surface area contributed by atoms with Crippen molar-refractivity contribution in [3.63, 3.8) is 0 Å². The zero-order valence-corrected chi connectivity index (χ0v) is 16.1. The third kappa shape index (κ3) is 4.89. The Bertz CT molecular complexity index is 1030. The molecular formula is C21H20N2O4S. The summed E-state index contributed by atoms with van der Waals surface area (Å²) < 4.78 is 32.7. The molecule has 0 aliphatic heterocycles. The number of hydrogen-bond acceptors (Lipinski definition) is 4. The van der Waals surface area contributed by atoms with Gasteiger partial charge < -0.3 is 10.1 Å². The van der Waals surface area contributed by atoms with Gasteiger partial charge in [-0.05, 0) is 67.6 Å². The third-order valence-corrected chi connectivity index (χ3v) is 5.27. The van der Waals surface area contributed by atoms with Gasteiger partial charge in [-0.15, -0.1) is 0 Å². The zero-order chi connectivity index (χ0) is 20.0. The van der Waals surface area contributed by atoms with Crippen LogP contribution in [0.1, 0.15) is 17.3 Å². The Labute approximate surface area is 164 Å². The van der Waals surface area contributed by atoms with Crippen molar-refractivity contribution in [1.29, 1.82) is 0 Å². The van der Waals surface area contributed by atoms with Crippen LogP contribution < -0.4 is 14.8 Å². The Hall–Kier alpha value is -3.32. The van der Waals surface area contributed by atoms with Crippen LogP contribution in [-0.4, -0.2) is 20.9 Å². The fourth-order valence-corrected chi connectivity index (χ4v) is 3.57. The smallest absolute Gasteiger partial charge is 0.261 e. The summed E-state index contributed by atoms with van der Waals surface area (Å²) in [6.07, 6.45) is 0. The molecule has 0 aliphatic carbocycles. The van der Waals surface area contributed by atoms with Crippen LogP contribution in [0.3, 0.4) is 0 Å². The van der Waals surface area contributed by atoms with Gasteiger partial charge in [0.2, 0.25) is 0 Å². The van der Waals surface area contributed by atoms with Crippen molar-refractivity contribution in [2.75, 3.05) is 16.6 Å². The molecule has 0 radical (unpaired) electrons. The van der Waals surface area contributed by atoms with E-state index in [9.17, 15) is 13.2 Å². The van der Waals surface area contributed by atoms with E-state index in [0.717, 1.165) is 5.75 Å². The molecule has 144 valence electrons. The lowest BCUT2D eigenvalue weighted by molar-refractivity contribution is 0.102. The fourth-order valence-electron chi connectivity index (χ4n) is 2.51. The highest BCUT2D eigenvalue weighted by Gasteiger charge is 2.15. The molecule has 0 bridgehead atoms. The van der Waals surface area contributed by atoms with Crippen LogP contribution in [0.2, 0.25) is 0 Å². The molecule has 3 aromatic rings. The molecule has 1 amide bonds. The minimum Gasteiger partial charge on any atom is -0.494 e. The topological polar surface area (TPSA) is 84.5 Å². The Morgan fingerprint density at radius 3 is 2.11 bits per heavy atom. The second-order valence-corrected chi connectivity index (χ2v) is 7.59. The number of benzene rings is 3. The number of amides is 1. The first-order valence-corrected chi connectivity index (χ1v) is 10.2. The summed E-state index contributed by atoms with van der Waals surface area (Å²) in [6.45, 7) is 2.47. The number of anilines is 2. The standard InChI is InChI=1S/C21H20N2O4S/c1-2-27-19-12-10-17(11-13-19)22-21(24)16-8-14-20(15-9-16)28(25,26)23-18-6-4-3-5-7-18/h3-15,23H,2H2,1H3,(H,22,24). The van der Waals surface area contributed by atoms with Crippen molar-refractivity contribution in [2.24, 2.45) is 0 Å². The van der Waals surface area contributed by atoms with E-state index in [2.05, 4.69) is 10.0 Å². The van der Waals surface area contributed by atoms with Crippen molar-refractivity contribution in [3.8, 4) is 5.75 Å². The quantitative estimate of drug-likeness (QED) is 0.629. The van der Waals surface area contributed by atoms with Crippen molar-refractivity contribution in [2.45, 2.75) is 11.8 Å².